The molecule has 0 spiro atoms. The largest absolute Gasteiger partial charge is 0.446 e. The Labute approximate surface area is 142 Å². The van der Waals surface area contributed by atoms with Crippen LogP contribution in [0.15, 0.2) is 28.7 Å². The lowest BCUT2D eigenvalue weighted by molar-refractivity contribution is -0.149. The SMILES string of the molecule is N#Cc1c(Br)c(C(F)(F)F)n(COC=O)c1-c1ccc(Cl)cc1. The third-order valence-electron chi connectivity index (χ3n) is 2.97. The summed E-state index contributed by atoms with van der Waals surface area (Å²) in [6.07, 6.45) is -4.75. The number of ether oxygens (including phenoxy) is 1. The number of halogens is 5. The molecular weight excluding hydrogens is 401 g/mol. The molecule has 0 bridgehead atoms. The maximum atomic E-state index is 13.3. The maximum Gasteiger partial charge on any atom is 0.432 e. The van der Waals surface area contributed by atoms with Crippen LogP contribution in [0.1, 0.15) is 11.3 Å². The van der Waals surface area contributed by atoms with Gasteiger partial charge in [0.05, 0.1) is 15.7 Å². The normalized spacial score (nSPS) is 11.1. The lowest BCUT2D eigenvalue weighted by atomic mass is 10.1. The molecule has 2 aromatic rings. The number of nitrogens with zero attached hydrogens (tertiary/aromatic N) is 2. The van der Waals surface area contributed by atoms with Crippen molar-refractivity contribution >= 4 is 34.0 Å². The monoisotopic (exact) mass is 406 g/mol. The fourth-order valence-corrected chi connectivity index (χ4v) is 2.95. The minimum atomic E-state index is -4.75. The van der Waals surface area contributed by atoms with Crippen LogP contribution in [0.5, 0.6) is 0 Å². The van der Waals surface area contributed by atoms with Crippen LogP contribution in [-0.2, 0) is 22.4 Å². The first-order valence-electron chi connectivity index (χ1n) is 6.01. The Hall–Kier alpha value is -1.98. The Morgan fingerprint density at radius 1 is 1.35 bits per heavy atom. The Morgan fingerprint density at radius 2 is 1.96 bits per heavy atom. The first-order chi connectivity index (χ1) is 10.8. The Bertz CT molecular complexity index is 779. The molecule has 0 aliphatic rings. The number of carbonyl (C=O) groups is 1. The van der Waals surface area contributed by atoms with E-state index in [0.717, 1.165) is 4.57 Å². The summed E-state index contributed by atoms with van der Waals surface area (Å²) < 4.78 is 44.8. The second kappa shape index (κ2) is 6.64. The highest BCUT2D eigenvalue weighted by atomic mass is 79.9. The van der Waals surface area contributed by atoms with E-state index in [2.05, 4.69) is 20.7 Å². The van der Waals surface area contributed by atoms with Gasteiger partial charge in [-0.15, -0.1) is 0 Å². The molecule has 120 valence electrons. The van der Waals surface area contributed by atoms with E-state index >= 15 is 0 Å². The maximum absolute atomic E-state index is 13.3. The molecule has 0 atom stereocenters. The van der Waals surface area contributed by atoms with Crippen LogP contribution in [0.3, 0.4) is 0 Å². The molecule has 0 fully saturated rings. The highest BCUT2D eigenvalue weighted by molar-refractivity contribution is 9.10. The fraction of sp³-hybridized carbons (Fsp3) is 0.143. The van der Waals surface area contributed by atoms with E-state index < -0.39 is 23.1 Å². The van der Waals surface area contributed by atoms with Crippen LogP contribution < -0.4 is 0 Å². The van der Waals surface area contributed by atoms with Crippen LogP contribution in [0, 0.1) is 11.3 Å². The van der Waals surface area contributed by atoms with E-state index in [9.17, 15) is 23.2 Å². The van der Waals surface area contributed by atoms with Gasteiger partial charge in [-0.3, -0.25) is 4.79 Å². The van der Waals surface area contributed by atoms with Gasteiger partial charge in [0, 0.05) is 5.02 Å². The third kappa shape index (κ3) is 3.35. The van der Waals surface area contributed by atoms with Gasteiger partial charge in [0.15, 0.2) is 6.73 Å². The van der Waals surface area contributed by atoms with E-state index in [-0.39, 0.29) is 17.7 Å². The quantitative estimate of drug-likeness (QED) is 0.697. The smallest absolute Gasteiger partial charge is 0.432 e. The van der Waals surface area contributed by atoms with Gasteiger partial charge in [-0.25, -0.2) is 0 Å². The molecule has 9 heteroatoms. The summed E-state index contributed by atoms with van der Waals surface area (Å²) in [6.45, 7) is -0.650. The van der Waals surface area contributed by atoms with Gasteiger partial charge in [0.1, 0.15) is 11.8 Å². The van der Waals surface area contributed by atoms with Gasteiger partial charge < -0.3 is 9.30 Å². The van der Waals surface area contributed by atoms with Crippen molar-refractivity contribution in [3.63, 3.8) is 0 Å². The van der Waals surface area contributed by atoms with Gasteiger partial charge in [0.2, 0.25) is 0 Å². The van der Waals surface area contributed by atoms with Crippen molar-refractivity contribution in [1.82, 2.24) is 4.57 Å². The Morgan fingerprint density at radius 3 is 2.43 bits per heavy atom. The molecule has 0 amide bonds. The zero-order valence-electron chi connectivity index (χ0n) is 11.2. The molecule has 0 aliphatic carbocycles. The van der Waals surface area contributed by atoms with Crippen LogP contribution in [0.2, 0.25) is 5.02 Å². The van der Waals surface area contributed by atoms with Crippen molar-refractivity contribution < 1.29 is 22.7 Å². The second-order valence-electron chi connectivity index (χ2n) is 4.32. The molecule has 4 nitrogen and oxygen atoms in total. The van der Waals surface area contributed by atoms with Gasteiger partial charge in [0.25, 0.3) is 6.47 Å². The predicted molar refractivity (Wildman–Crippen MR) is 79.4 cm³/mol. The molecular formula is C14H7BrClF3N2O2. The molecule has 2 rings (SSSR count). The van der Waals surface area contributed by atoms with Gasteiger partial charge in [-0.05, 0) is 33.6 Å². The highest BCUT2D eigenvalue weighted by Gasteiger charge is 2.40. The summed E-state index contributed by atoms with van der Waals surface area (Å²) >= 11 is 8.59. The van der Waals surface area contributed by atoms with Crippen LogP contribution in [0.4, 0.5) is 13.2 Å². The fourth-order valence-electron chi connectivity index (χ4n) is 2.11. The molecule has 23 heavy (non-hydrogen) atoms. The summed E-state index contributed by atoms with van der Waals surface area (Å²) in [5.74, 6) is 0. The highest BCUT2D eigenvalue weighted by Crippen LogP contribution is 2.43. The number of carbonyl (C=O) groups excluding carboxylic acids is 1. The van der Waals surface area contributed by atoms with E-state index in [0.29, 0.717) is 10.6 Å². The Balaban J connectivity index is 2.80. The van der Waals surface area contributed by atoms with Gasteiger partial charge in [-0.2, -0.15) is 18.4 Å². The first kappa shape index (κ1) is 17.4. The van der Waals surface area contributed by atoms with Crippen LogP contribution >= 0.6 is 27.5 Å². The molecule has 1 aromatic heterocycles. The molecule has 0 radical (unpaired) electrons. The molecule has 0 unspecified atom stereocenters. The van der Waals surface area contributed by atoms with Gasteiger partial charge in [-0.1, -0.05) is 23.7 Å². The van der Waals surface area contributed by atoms with E-state index in [1.807, 2.05) is 0 Å². The third-order valence-corrected chi connectivity index (χ3v) is 4.00. The topological polar surface area (TPSA) is 55.0 Å². The van der Waals surface area contributed by atoms with Crippen LogP contribution in [-0.4, -0.2) is 11.0 Å². The van der Waals surface area contributed by atoms with E-state index in [1.165, 1.54) is 24.3 Å². The first-order valence-corrected chi connectivity index (χ1v) is 7.18. The van der Waals surface area contributed by atoms with Crippen LogP contribution in [0.25, 0.3) is 11.3 Å². The number of alkyl halides is 3. The predicted octanol–water partition coefficient (Wildman–Crippen LogP) is 4.59. The van der Waals surface area contributed by atoms with Crippen molar-refractivity contribution in [2.45, 2.75) is 12.9 Å². The summed E-state index contributed by atoms with van der Waals surface area (Å²) in [5.41, 5.74) is -1.02. The number of hydrogen-bond donors (Lipinski definition) is 0. The van der Waals surface area contributed by atoms with Crippen molar-refractivity contribution in [2.75, 3.05) is 0 Å². The summed E-state index contributed by atoms with van der Waals surface area (Å²) in [4.78, 5) is 10.4. The molecule has 0 saturated heterocycles. The number of aromatic nitrogens is 1. The number of benzene rings is 1. The summed E-state index contributed by atoms with van der Waals surface area (Å²) in [7, 11) is 0. The molecule has 0 saturated carbocycles. The molecule has 1 heterocycles. The lowest BCUT2D eigenvalue weighted by Crippen LogP contribution is -2.16. The Kier molecular flexibility index (Phi) is 5.02. The summed E-state index contributed by atoms with van der Waals surface area (Å²) in [6, 6.07) is 7.66. The minimum absolute atomic E-state index is 0.0229. The van der Waals surface area contributed by atoms with Crippen molar-refractivity contribution in [2.24, 2.45) is 0 Å². The number of nitriles is 1. The zero-order valence-corrected chi connectivity index (χ0v) is 13.5. The summed E-state index contributed by atoms with van der Waals surface area (Å²) in [5, 5.41) is 9.64. The lowest BCUT2D eigenvalue weighted by Gasteiger charge is -2.14. The average Bonchev–Trinajstić information content (AvgIpc) is 2.77. The van der Waals surface area contributed by atoms with Crippen molar-refractivity contribution in [1.29, 1.82) is 5.26 Å². The van der Waals surface area contributed by atoms with E-state index in [1.54, 1.807) is 6.07 Å². The van der Waals surface area contributed by atoms with Crippen molar-refractivity contribution in [3.8, 4) is 17.3 Å². The minimum Gasteiger partial charge on any atom is -0.446 e. The van der Waals surface area contributed by atoms with E-state index in [4.69, 9.17) is 11.6 Å². The number of rotatable bonds is 4. The van der Waals surface area contributed by atoms with Crippen molar-refractivity contribution in [3.05, 3.63) is 45.0 Å². The zero-order chi connectivity index (χ0) is 17.2. The standard InChI is InChI=1S/C14H7BrClF3N2O2/c15-11-10(5-20)12(8-1-3-9(16)4-2-8)21(6-23-7-22)13(11)14(17,18)19/h1-4,7H,6H2. The number of hydrogen-bond acceptors (Lipinski definition) is 3. The average molecular weight is 408 g/mol. The molecule has 1 aromatic carbocycles. The molecule has 0 N–H and O–H groups in total. The van der Waals surface area contributed by atoms with Gasteiger partial charge >= 0.3 is 6.18 Å². The molecule has 0 aliphatic heterocycles. The second-order valence-corrected chi connectivity index (χ2v) is 5.55.